The SMILES string of the molecule is CN1CCC[C@@H](c2cnc(CCC(=O)NC3CCOCC3)cn2)C1. The number of piperidine rings is 1. The van der Waals surface area contributed by atoms with Crippen LogP contribution in [0.5, 0.6) is 0 Å². The molecule has 2 fully saturated rings. The fraction of sp³-hybridized carbons (Fsp3) is 0.722. The van der Waals surface area contributed by atoms with Gasteiger partial charge in [-0.05, 0) is 45.7 Å². The number of amides is 1. The predicted molar refractivity (Wildman–Crippen MR) is 91.8 cm³/mol. The third-order valence-corrected chi connectivity index (χ3v) is 4.96. The van der Waals surface area contributed by atoms with E-state index in [-0.39, 0.29) is 11.9 Å². The van der Waals surface area contributed by atoms with E-state index in [4.69, 9.17) is 4.74 Å². The van der Waals surface area contributed by atoms with Gasteiger partial charge < -0.3 is 15.0 Å². The van der Waals surface area contributed by atoms with E-state index in [9.17, 15) is 4.79 Å². The van der Waals surface area contributed by atoms with Crippen molar-refractivity contribution in [2.45, 2.75) is 50.5 Å². The first-order valence-electron chi connectivity index (χ1n) is 9.07. The van der Waals surface area contributed by atoms with Crippen molar-refractivity contribution in [3.05, 3.63) is 23.8 Å². The molecule has 2 aliphatic heterocycles. The Balaban J connectivity index is 1.44. The molecule has 0 aromatic carbocycles. The molecule has 6 heteroatoms. The Morgan fingerprint density at radius 3 is 2.83 bits per heavy atom. The van der Waals surface area contributed by atoms with Gasteiger partial charge in [-0.3, -0.25) is 14.8 Å². The monoisotopic (exact) mass is 332 g/mol. The molecule has 3 heterocycles. The Hall–Kier alpha value is -1.53. The van der Waals surface area contributed by atoms with Crippen LogP contribution in [0.25, 0.3) is 0 Å². The van der Waals surface area contributed by atoms with E-state index in [2.05, 4.69) is 27.2 Å². The zero-order valence-electron chi connectivity index (χ0n) is 14.5. The predicted octanol–water partition coefficient (Wildman–Crippen LogP) is 1.51. The van der Waals surface area contributed by atoms with Crippen LogP contribution in [0.4, 0.5) is 0 Å². The van der Waals surface area contributed by atoms with Crippen molar-refractivity contribution in [2.75, 3.05) is 33.4 Å². The Labute approximate surface area is 144 Å². The molecule has 1 N–H and O–H groups in total. The molecule has 1 amide bonds. The molecule has 1 atom stereocenters. The molecule has 0 radical (unpaired) electrons. The van der Waals surface area contributed by atoms with Crippen LogP contribution < -0.4 is 5.32 Å². The number of nitrogens with one attached hydrogen (secondary N) is 1. The molecule has 0 spiro atoms. The van der Waals surface area contributed by atoms with Crippen molar-refractivity contribution in [1.82, 2.24) is 20.2 Å². The van der Waals surface area contributed by atoms with Gasteiger partial charge in [0.15, 0.2) is 0 Å². The summed E-state index contributed by atoms with van der Waals surface area (Å²) in [6, 6.07) is 0.267. The summed E-state index contributed by atoms with van der Waals surface area (Å²) >= 11 is 0. The second-order valence-electron chi connectivity index (χ2n) is 6.99. The van der Waals surface area contributed by atoms with Crippen LogP contribution in [-0.4, -0.2) is 60.2 Å². The van der Waals surface area contributed by atoms with Crippen molar-refractivity contribution in [3.8, 4) is 0 Å². The van der Waals surface area contributed by atoms with E-state index in [1.54, 1.807) is 0 Å². The molecule has 6 nitrogen and oxygen atoms in total. The minimum Gasteiger partial charge on any atom is -0.381 e. The third-order valence-electron chi connectivity index (χ3n) is 4.96. The van der Waals surface area contributed by atoms with Gasteiger partial charge in [-0.1, -0.05) is 0 Å². The second-order valence-corrected chi connectivity index (χ2v) is 6.99. The number of carbonyl (C=O) groups excluding carboxylic acids is 1. The summed E-state index contributed by atoms with van der Waals surface area (Å²) in [6.45, 7) is 3.72. The van der Waals surface area contributed by atoms with E-state index in [1.807, 2.05) is 12.4 Å². The minimum atomic E-state index is 0.0988. The summed E-state index contributed by atoms with van der Waals surface area (Å²) in [5.74, 6) is 0.587. The van der Waals surface area contributed by atoms with Gasteiger partial charge in [-0.25, -0.2) is 0 Å². The highest BCUT2D eigenvalue weighted by atomic mass is 16.5. The zero-order chi connectivity index (χ0) is 16.8. The van der Waals surface area contributed by atoms with Crippen LogP contribution in [0.3, 0.4) is 0 Å². The van der Waals surface area contributed by atoms with Crippen LogP contribution in [0, 0.1) is 0 Å². The summed E-state index contributed by atoms with van der Waals surface area (Å²) < 4.78 is 5.31. The average molecular weight is 332 g/mol. The first kappa shape index (κ1) is 17.3. The number of aromatic nitrogens is 2. The molecule has 0 unspecified atom stereocenters. The van der Waals surface area contributed by atoms with Crippen LogP contribution in [0.15, 0.2) is 12.4 Å². The molecule has 1 aromatic heterocycles. The molecule has 24 heavy (non-hydrogen) atoms. The fourth-order valence-electron chi connectivity index (χ4n) is 3.50. The van der Waals surface area contributed by atoms with E-state index in [1.165, 1.54) is 19.4 Å². The number of aryl methyl sites for hydroxylation is 1. The van der Waals surface area contributed by atoms with Gasteiger partial charge in [0.05, 0.1) is 11.4 Å². The summed E-state index contributed by atoms with van der Waals surface area (Å²) in [4.78, 5) is 23.5. The average Bonchev–Trinajstić information content (AvgIpc) is 2.61. The normalized spacial score (nSPS) is 23.1. The lowest BCUT2D eigenvalue weighted by Gasteiger charge is -2.29. The third kappa shape index (κ3) is 4.98. The molecule has 2 aliphatic rings. The number of ether oxygens (including phenoxy) is 1. The number of nitrogens with zero attached hydrogens (tertiary/aromatic N) is 3. The number of likely N-dealkylation sites (N-methyl/N-ethyl adjacent to an activating group) is 1. The van der Waals surface area contributed by atoms with Gasteiger partial charge in [0.2, 0.25) is 5.91 Å². The number of likely N-dealkylation sites (tertiary alicyclic amines) is 1. The van der Waals surface area contributed by atoms with Crippen molar-refractivity contribution >= 4 is 5.91 Å². The van der Waals surface area contributed by atoms with Crippen LogP contribution in [-0.2, 0) is 16.0 Å². The maximum absolute atomic E-state index is 12.0. The van der Waals surface area contributed by atoms with Crippen molar-refractivity contribution < 1.29 is 9.53 Å². The summed E-state index contributed by atoms with van der Waals surface area (Å²) in [6.07, 6.45) is 9.08. The second kappa shape index (κ2) is 8.53. The summed E-state index contributed by atoms with van der Waals surface area (Å²) in [5, 5.41) is 3.08. The minimum absolute atomic E-state index is 0.0988. The topological polar surface area (TPSA) is 67.4 Å². The largest absolute Gasteiger partial charge is 0.381 e. The van der Waals surface area contributed by atoms with Crippen LogP contribution >= 0.6 is 0 Å². The highest BCUT2D eigenvalue weighted by Gasteiger charge is 2.20. The molecule has 3 rings (SSSR count). The van der Waals surface area contributed by atoms with Gasteiger partial charge in [-0.2, -0.15) is 0 Å². The van der Waals surface area contributed by atoms with Crippen LogP contribution in [0.1, 0.15) is 49.4 Å². The maximum Gasteiger partial charge on any atom is 0.220 e. The molecule has 0 bridgehead atoms. The Morgan fingerprint density at radius 1 is 1.29 bits per heavy atom. The lowest BCUT2D eigenvalue weighted by Crippen LogP contribution is -2.39. The van der Waals surface area contributed by atoms with Crippen molar-refractivity contribution in [1.29, 1.82) is 0 Å². The maximum atomic E-state index is 12.0. The van der Waals surface area contributed by atoms with Crippen molar-refractivity contribution in [3.63, 3.8) is 0 Å². The van der Waals surface area contributed by atoms with Gasteiger partial charge in [0.1, 0.15) is 0 Å². The van der Waals surface area contributed by atoms with Gasteiger partial charge in [-0.15, -0.1) is 0 Å². The zero-order valence-corrected chi connectivity index (χ0v) is 14.5. The Morgan fingerprint density at radius 2 is 2.12 bits per heavy atom. The molecule has 0 aliphatic carbocycles. The molecule has 1 aromatic rings. The van der Waals surface area contributed by atoms with E-state index >= 15 is 0 Å². The quantitative estimate of drug-likeness (QED) is 0.885. The van der Waals surface area contributed by atoms with Gasteiger partial charge in [0.25, 0.3) is 0 Å². The number of hydrogen-bond donors (Lipinski definition) is 1. The standard InChI is InChI=1S/C18H28N4O2/c1-22-8-2-3-14(13-22)17-12-19-16(11-20-17)4-5-18(23)21-15-6-9-24-10-7-15/h11-12,14-15H,2-10,13H2,1H3,(H,21,23)/t14-/m1/s1. The highest BCUT2D eigenvalue weighted by Crippen LogP contribution is 2.24. The molecule has 0 saturated carbocycles. The van der Waals surface area contributed by atoms with Gasteiger partial charge in [0, 0.05) is 50.5 Å². The Kier molecular flexibility index (Phi) is 6.15. The van der Waals surface area contributed by atoms with E-state index in [0.717, 1.165) is 44.0 Å². The summed E-state index contributed by atoms with van der Waals surface area (Å²) in [5.41, 5.74) is 1.97. The highest BCUT2D eigenvalue weighted by molar-refractivity contribution is 5.76. The first-order valence-corrected chi connectivity index (χ1v) is 9.07. The molecular formula is C18H28N4O2. The molecular weight excluding hydrogens is 304 g/mol. The first-order chi connectivity index (χ1) is 11.7. The van der Waals surface area contributed by atoms with Gasteiger partial charge >= 0.3 is 0 Å². The lowest BCUT2D eigenvalue weighted by atomic mass is 9.95. The summed E-state index contributed by atoms with van der Waals surface area (Å²) in [7, 11) is 2.16. The fourth-order valence-corrected chi connectivity index (χ4v) is 3.50. The number of hydrogen-bond acceptors (Lipinski definition) is 5. The van der Waals surface area contributed by atoms with Crippen molar-refractivity contribution in [2.24, 2.45) is 0 Å². The molecule has 132 valence electrons. The smallest absolute Gasteiger partial charge is 0.220 e. The van der Waals surface area contributed by atoms with E-state index < -0.39 is 0 Å². The van der Waals surface area contributed by atoms with E-state index in [0.29, 0.717) is 18.8 Å². The Bertz CT molecular complexity index is 528. The number of rotatable bonds is 5. The number of carbonyl (C=O) groups is 1. The lowest BCUT2D eigenvalue weighted by molar-refractivity contribution is -0.122. The molecule has 2 saturated heterocycles. The van der Waals surface area contributed by atoms with Crippen LogP contribution in [0.2, 0.25) is 0 Å².